The van der Waals surface area contributed by atoms with Gasteiger partial charge in [-0.25, -0.2) is 0 Å². The van der Waals surface area contributed by atoms with Gasteiger partial charge >= 0.3 is 5.97 Å². The van der Waals surface area contributed by atoms with Crippen molar-refractivity contribution in [2.75, 3.05) is 6.61 Å². The Balaban J connectivity index is 3.15. The molecule has 2 heteroatoms. The molecule has 0 saturated heterocycles. The summed E-state index contributed by atoms with van der Waals surface area (Å²) in [5.74, 6) is -0.0771. The number of carbonyl (C=O) groups is 1. The monoisotopic (exact) mass is 352 g/mol. The van der Waals surface area contributed by atoms with Crippen molar-refractivity contribution in [1.29, 1.82) is 0 Å². The zero-order valence-electron chi connectivity index (χ0n) is 17.2. The van der Waals surface area contributed by atoms with E-state index in [1.807, 2.05) is 6.08 Å². The van der Waals surface area contributed by atoms with E-state index in [2.05, 4.69) is 19.9 Å². The van der Waals surface area contributed by atoms with Crippen LogP contribution in [0.5, 0.6) is 0 Å². The number of carbonyl (C=O) groups excluding carboxylic acids is 1. The number of ether oxygens (including phenoxy) is 1. The maximum absolute atomic E-state index is 11.5. The van der Waals surface area contributed by atoms with Crippen molar-refractivity contribution >= 4 is 5.97 Å². The average Bonchev–Trinajstić information content (AvgIpc) is 2.62. The molecule has 0 aliphatic carbocycles. The normalized spacial score (nSPS) is 11.3. The summed E-state index contributed by atoms with van der Waals surface area (Å²) in [5.41, 5.74) is 0. The van der Waals surface area contributed by atoms with Crippen LogP contribution in [0.2, 0.25) is 0 Å². The van der Waals surface area contributed by atoms with Gasteiger partial charge in [0.1, 0.15) is 0 Å². The second-order valence-electron chi connectivity index (χ2n) is 7.28. The van der Waals surface area contributed by atoms with Gasteiger partial charge in [0.25, 0.3) is 0 Å². The molecule has 0 radical (unpaired) electrons. The quantitative estimate of drug-likeness (QED) is 0.135. The molecule has 0 atom stereocenters. The van der Waals surface area contributed by atoms with Gasteiger partial charge in [-0.15, -0.1) is 0 Å². The summed E-state index contributed by atoms with van der Waals surface area (Å²) in [5, 5.41) is 0. The molecule has 0 spiro atoms. The van der Waals surface area contributed by atoms with Gasteiger partial charge in [-0.05, 0) is 12.8 Å². The van der Waals surface area contributed by atoms with E-state index in [0.717, 1.165) is 12.8 Å². The molecule has 0 rings (SSSR count). The van der Waals surface area contributed by atoms with Gasteiger partial charge in [-0.1, -0.05) is 116 Å². The lowest BCUT2D eigenvalue weighted by Gasteiger charge is -2.04. The molecule has 0 aliphatic heterocycles. The summed E-state index contributed by atoms with van der Waals surface area (Å²) in [6.45, 7) is 5.05. The highest BCUT2D eigenvalue weighted by Gasteiger charge is 1.99. The van der Waals surface area contributed by atoms with Gasteiger partial charge in [0, 0.05) is 0 Å². The smallest absolute Gasteiger partial charge is 0.309 e. The van der Waals surface area contributed by atoms with Crippen LogP contribution in [-0.4, -0.2) is 12.6 Å². The molecule has 0 aromatic rings. The van der Waals surface area contributed by atoms with Gasteiger partial charge in [0.15, 0.2) is 0 Å². The van der Waals surface area contributed by atoms with E-state index in [4.69, 9.17) is 4.74 Å². The molecule has 0 aliphatic rings. The van der Waals surface area contributed by atoms with Crippen LogP contribution >= 0.6 is 0 Å². The van der Waals surface area contributed by atoms with E-state index >= 15 is 0 Å². The topological polar surface area (TPSA) is 26.3 Å². The second kappa shape index (κ2) is 21.3. The third kappa shape index (κ3) is 21.2. The fourth-order valence-corrected chi connectivity index (χ4v) is 2.98. The lowest BCUT2D eigenvalue weighted by atomic mass is 10.0. The number of esters is 1. The summed E-state index contributed by atoms with van der Waals surface area (Å²) in [4.78, 5) is 11.5. The summed E-state index contributed by atoms with van der Waals surface area (Å²) >= 11 is 0. The molecule has 148 valence electrons. The van der Waals surface area contributed by atoms with Crippen LogP contribution in [0.25, 0.3) is 0 Å². The lowest BCUT2D eigenvalue weighted by Crippen LogP contribution is -2.04. The summed E-state index contributed by atoms with van der Waals surface area (Å²) in [7, 11) is 0. The van der Waals surface area contributed by atoms with E-state index in [1.54, 1.807) is 0 Å². The van der Waals surface area contributed by atoms with Gasteiger partial charge in [-0.3, -0.25) is 4.79 Å². The average molecular weight is 353 g/mol. The minimum Gasteiger partial charge on any atom is -0.465 e. The molecule has 0 N–H and O–H groups in total. The van der Waals surface area contributed by atoms with E-state index in [9.17, 15) is 4.79 Å². The zero-order chi connectivity index (χ0) is 18.4. The first kappa shape index (κ1) is 24.2. The van der Waals surface area contributed by atoms with Gasteiger partial charge in [0.2, 0.25) is 0 Å². The van der Waals surface area contributed by atoms with Gasteiger partial charge in [-0.2, -0.15) is 0 Å². The van der Waals surface area contributed by atoms with Crippen LogP contribution in [0.1, 0.15) is 123 Å². The third-order valence-electron chi connectivity index (χ3n) is 4.69. The second-order valence-corrected chi connectivity index (χ2v) is 7.28. The van der Waals surface area contributed by atoms with Crippen LogP contribution < -0.4 is 0 Å². The maximum atomic E-state index is 11.5. The van der Waals surface area contributed by atoms with E-state index in [-0.39, 0.29) is 5.97 Å². The van der Waals surface area contributed by atoms with Crippen molar-refractivity contribution in [3.05, 3.63) is 12.2 Å². The first-order valence-electron chi connectivity index (χ1n) is 11.1. The number of rotatable bonds is 19. The Morgan fingerprint density at radius 1 is 0.640 bits per heavy atom. The Labute approximate surface area is 157 Å². The number of unbranched alkanes of at least 4 members (excludes halogenated alkanes) is 14. The molecule has 0 unspecified atom stereocenters. The molecule has 25 heavy (non-hydrogen) atoms. The maximum Gasteiger partial charge on any atom is 0.309 e. The highest BCUT2D eigenvalue weighted by Crippen LogP contribution is 2.12. The predicted octanol–water partition coefficient (Wildman–Crippen LogP) is 7.76. The standard InChI is InChI=1S/C23H44O2/c1-3-5-7-9-10-11-12-13-14-15-16-18-20-22-25-23(24)21-19-17-8-6-4-2/h17,19H,3-16,18,20-22H2,1-2H3/b19-17+. The van der Waals surface area contributed by atoms with Crippen molar-refractivity contribution in [2.24, 2.45) is 0 Å². The Bertz CT molecular complexity index is 296. The van der Waals surface area contributed by atoms with Crippen molar-refractivity contribution in [3.8, 4) is 0 Å². The van der Waals surface area contributed by atoms with Crippen molar-refractivity contribution in [2.45, 2.75) is 123 Å². The minimum absolute atomic E-state index is 0.0771. The summed E-state index contributed by atoms with van der Waals surface area (Å²) in [6.07, 6.45) is 25.4. The number of hydrogen-bond donors (Lipinski definition) is 0. The fraction of sp³-hybridized carbons (Fsp3) is 0.870. The molecule has 0 saturated carbocycles. The molecule has 2 nitrogen and oxygen atoms in total. The van der Waals surface area contributed by atoms with Gasteiger partial charge in [0.05, 0.1) is 13.0 Å². The first-order chi connectivity index (χ1) is 12.3. The Hall–Kier alpha value is -0.790. The fourth-order valence-electron chi connectivity index (χ4n) is 2.98. The number of allylic oxidation sites excluding steroid dienone is 1. The van der Waals surface area contributed by atoms with Gasteiger partial charge < -0.3 is 4.74 Å². The van der Waals surface area contributed by atoms with Crippen LogP contribution in [0.3, 0.4) is 0 Å². The third-order valence-corrected chi connectivity index (χ3v) is 4.69. The minimum atomic E-state index is -0.0771. The highest BCUT2D eigenvalue weighted by atomic mass is 16.5. The largest absolute Gasteiger partial charge is 0.465 e. The Kier molecular flexibility index (Phi) is 20.6. The van der Waals surface area contributed by atoms with Crippen LogP contribution in [0.4, 0.5) is 0 Å². The molecule has 0 bridgehead atoms. The van der Waals surface area contributed by atoms with E-state index < -0.39 is 0 Å². The van der Waals surface area contributed by atoms with E-state index in [0.29, 0.717) is 13.0 Å². The van der Waals surface area contributed by atoms with Crippen LogP contribution in [-0.2, 0) is 9.53 Å². The SMILES string of the molecule is CCCC/C=C/CC(=O)OCCCCCCCCCCCCCCC. The first-order valence-corrected chi connectivity index (χ1v) is 11.1. The molecule has 0 amide bonds. The van der Waals surface area contributed by atoms with Crippen molar-refractivity contribution in [1.82, 2.24) is 0 Å². The predicted molar refractivity (Wildman–Crippen MR) is 110 cm³/mol. The summed E-state index contributed by atoms with van der Waals surface area (Å²) < 4.78 is 5.26. The zero-order valence-corrected chi connectivity index (χ0v) is 17.2. The van der Waals surface area contributed by atoms with Crippen LogP contribution in [0.15, 0.2) is 12.2 Å². The molecule has 0 aromatic carbocycles. The molecule has 0 heterocycles. The molecular formula is C23H44O2. The van der Waals surface area contributed by atoms with Crippen molar-refractivity contribution < 1.29 is 9.53 Å². The van der Waals surface area contributed by atoms with E-state index in [1.165, 1.54) is 89.9 Å². The molecule has 0 fully saturated rings. The highest BCUT2D eigenvalue weighted by molar-refractivity contribution is 5.71. The lowest BCUT2D eigenvalue weighted by molar-refractivity contribution is -0.142. The summed E-state index contributed by atoms with van der Waals surface area (Å²) in [6, 6.07) is 0. The Morgan fingerprint density at radius 2 is 1.12 bits per heavy atom. The van der Waals surface area contributed by atoms with Crippen molar-refractivity contribution in [3.63, 3.8) is 0 Å². The molecule has 0 aromatic heterocycles. The van der Waals surface area contributed by atoms with Crippen LogP contribution in [0, 0.1) is 0 Å². The number of hydrogen-bond acceptors (Lipinski definition) is 2. The Morgan fingerprint density at radius 3 is 1.64 bits per heavy atom. The molecular weight excluding hydrogens is 308 g/mol.